The molecular formula is C19H24I3N3O2. The smallest absolute Gasteiger partial charge is 0.142 e. The molecule has 0 aliphatic heterocycles. The Balaban J connectivity index is 0.000000527. The Morgan fingerprint density at radius 3 is 2.22 bits per heavy atom. The van der Waals surface area contributed by atoms with Gasteiger partial charge in [0, 0.05) is 29.7 Å². The molecule has 8 heteroatoms. The number of hydrogen-bond donors (Lipinski definition) is 4. The molecule has 5 nitrogen and oxygen atoms in total. The second kappa shape index (κ2) is 11.7. The van der Waals surface area contributed by atoms with Crippen LogP contribution in [0.25, 0.3) is 0 Å². The lowest BCUT2D eigenvalue weighted by Crippen LogP contribution is -2.05. The summed E-state index contributed by atoms with van der Waals surface area (Å²) in [6.07, 6.45) is 2.89. The maximum Gasteiger partial charge on any atom is 0.142 e. The van der Waals surface area contributed by atoms with Crippen molar-refractivity contribution in [1.82, 2.24) is 4.98 Å². The molecule has 0 bridgehead atoms. The fourth-order valence-electron chi connectivity index (χ4n) is 2.05. The first-order chi connectivity index (χ1) is 12.6. The standard InChI is InChI=1S/C16H19N3O2.C3H5I3/c1-10(17)12-3-5-14(6-4-12)19-8-13-7-18-11(2)16(21)15(13)9-20;1-2-3(4,5)6/h3-7,17,19-21H,8-9H2,1-2H3;2H2,1H3. The average Bonchev–Trinajstić information content (AvgIpc) is 2.63. The molecule has 4 N–H and O–H groups in total. The second-order valence-electron chi connectivity index (χ2n) is 5.88. The van der Waals surface area contributed by atoms with Crippen molar-refractivity contribution in [1.29, 1.82) is 5.41 Å². The lowest BCUT2D eigenvalue weighted by Gasteiger charge is -2.12. The zero-order valence-electron chi connectivity index (χ0n) is 15.5. The van der Waals surface area contributed by atoms with E-state index in [4.69, 9.17) is 5.41 Å². The van der Waals surface area contributed by atoms with E-state index in [1.807, 2.05) is 24.3 Å². The summed E-state index contributed by atoms with van der Waals surface area (Å²) in [6.45, 7) is 5.87. The number of aromatic nitrogens is 1. The molecule has 0 saturated carbocycles. The van der Waals surface area contributed by atoms with Gasteiger partial charge in [0.2, 0.25) is 0 Å². The first-order valence-corrected chi connectivity index (χ1v) is 11.6. The maximum absolute atomic E-state index is 9.90. The van der Waals surface area contributed by atoms with E-state index in [0.717, 1.165) is 16.8 Å². The predicted octanol–water partition coefficient (Wildman–Crippen LogP) is 5.94. The summed E-state index contributed by atoms with van der Waals surface area (Å²) >= 11 is 7.24. The number of benzene rings is 1. The highest BCUT2D eigenvalue weighted by Gasteiger charge is 2.12. The Morgan fingerprint density at radius 1 is 1.22 bits per heavy atom. The minimum atomic E-state index is -0.224. The van der Waals surface area contributed by atoms with Gasteiger partial charge >= 0.3 is 0 Å². The van der Waals surface area contributed by atoms with Gasteiger partial charge in [0.05, 0.1) is 12.3 Å². The van der Waals surface area contributed by atoms with E-state index in [1.165, 1.54) is 6.42 Å². The molecule has 0 aliphatic rings. The summed E-state index contributed by atoms with van der Waals surface area (Å²) in [5.41, 5.74) is 4.08. The number of rotatable bonds is 6. The van der Waals surface area contributed by atoms with Crippen molar-refractivity contribution in [3.05, 3.63) is 52.8 Å². The van der Waals surface area contributed by atoms with E-state index in [1.54, 1.807) is 20.0 Å². The number of anilines is 1. The summed E-state index contributed by atoms with van der Waals surface area (Å²) < 4.78 is 0.452. The van der Waals surface area contributed by atoms with E-state index in [-0.39, 0.29) is 12.4 Å². The minimum Gasteiger partial charge on any atom is -0.506 e. The van der Waals surface area contributed by atoms with Gasteiger partial charge in [0.1, 0.15) is 5.18 Å². The monoisotopic (exact) mass is 707 g/mol. The number of aliphatic hydroxyl groups excluding tert-OH is 1. The van der Waals surface area contributed by atoms with Crippen LogP contribution in [0.4, 0.5) is 5.69 Å². The van der Waals surface area contributed by atoms with Crippen molar-refractivity contribution in [3.8, 4) is 5.75 Å². The van der Waals surface area contributed by atoms with Crippen LogP contribution in [0.1, 0.15) is 42.7 Å². The molecule has 1 aromatic carbocycles. The van der Waals surface area contributed by atoms with Crippen LogP contribution in [0, 0.1) is 12.3 Å². The molecule has 0 fully saturated rings. The summed E-state index contributed by atoms with van der Waals surface area (Å²) in [4.78, 5) is 4.11. The van der Waals surface area contributed by atoms with Gasteiger partial charge in [0.15, 0.2) is 0 Å². The Morgan fingerprint density at radius 2 is 1.78 bits per heavy atom. The molecule has 2 aromatic rings. The highest BCUT2D eigenvalue weighted by Crippen LogP contribution is 2.38. The third-order valence-corrected chi connectivity index (χ3v) is 6.08. The number of nitrogens with one attached hydrogen (secondary N) is 2. The molecule has 0 unspecified atom stereocenters. The van der Waals surface area contributed by atoms with Crippen LogP contribution in [-0.2, 0) is 13.2 Å². The van der Waals surface area contributed by atoms with Crippen molar-refractivity contribution in [2.75, 3.05) is 5.32 Å². The number of halogens is 3. The van der Waals surface area contributed by atoms with E-state index in [9.17, 15) is 10.2 Å². The van der Waals surface area contributed by atoms with Gasteiger partial charge in [-0.1, -0.05) is 86.8 Å². The molecule has 2 rings (SSSR count). The number of aryl methyl sites for hydroxylation is 1. The zero-order valence-corrected chi connectivity index (χ0v) is 22.0. The van der Waals surface area contributed by atoms with Gasteiger partial charge in [0.25, 0.3) is 0 Å². The maximum atomic E-state index is 9.90. The Kier molecular flexibility index (Phi) is 10.8. The molecule has 0 amide bonds. The third-order valence-electron chi connectivity index (χ3n) is 3.79. The zero-order chi connectivity index (χ0) is 20.6. The largest absolute Gasteiger partial charge is 0.506 e. The average molecular weight is 707 g/mol. The predicted molar refractivity (Wildman–Crippen MR) is 138 cm³/mol. The van der Waals surface area contributed by atoms with Gasteiger partial charge in [-0.2, -0.15) is 0 Å². The quantitative estimate of drug-likeness (QED) is 0.170. The highest BCUT2D eigenvalue weighted by atomic mass is 127. The van der Waals surface area contributed by atoms with Crippen molar-refractivity contribution < 1.29 is 10.2 Å². The molecule has 27 heavy (non-hydrogen) atoms. The molecule has 1 aromatic heterocycles. The first-order valence-electron chi connectivity index (χ1n) is 8.32. The van der Waals surface area contributed by atoms with Gasteiger partial charge < -0.3 is 20.9 Å². The lowest BCUT2D eigenvalue weighted by atomic mass is 10.1. The molecule has 0 spiro atoms. The van der Waals surface area contributed by atoms with E-state index < -0.39 is 0 Å². The molecule has 0 atom stereocenters. The lowest BCUT2D eigenvalue weighted by molar-refractivity contribution is 0.273. The van der Waals surface area contributed by atoms with Crippen molar-refractivity contribution >= 4 is 79.2 Å². The normalized spacial score (nSPS) is 10.8. The number of aliphatic hydroxyl groups is 1. The van der Waals surface area contributed by atoms with Crippen molar-refractivity contribution in [2.24, 2.45) is 0 Å². The van der Waals surface area contributed by atoms with Crippen molar-refractivity contribution in [3.63, 3.8) is 0 Å². The van der Waals surface area contributed by atoms with Gasteiger partial charge in [-0.15, -0.1) is 0 Å². The Bertz CT molecular complexity index is 760. The molecule has 0 saturated heterocycles. The Labute approximate surface area is 201 Å². The van der Waals surface area contributed by atoms with Gasteiger partial charge in [-0.05, 0) is 43.5 Å². The van der Waals surface area contributed by atoms with E-state index in [0.29, 0.717) is 22.9 Å². The Hall–Kier alpha value is -0.210. The summed E-state index contributed by atoms with van der Waals surface area (Å²) in [7, 11) is 0. The van der Waals surface area contributed by atoms with Gasteiger partial charge in [-0.25, -0.2) is 0 Å². The third kappa shape index (κ3) is 8.77. The van der Waals surface area contributed by atoms with E-state index >= 15 is 0 Å². The minimum absolute atomic E-state index is 0.0478. The molecule has 0 aliphatic carbocycles. The van der Waals surface area contributed by atoms with Gasteiger partial charge in [-0.3, -0.25) is 4.98 Å². The number of nitrogens with zero attached hydrogens (tertiary/aromatic N) is 1. The molecular weight excluding hydrogens is 683 g/mol. The number of hydrogen-bond acceptors (Lipinski definition) is 5. The van der Waals surface area contributed by atoms with Crippen LogP contribution in [0.3, 0.4) is 0 Å². The first kappa shape index (κ1) is 24.8. The van der Waals surface area contributed by atoms with Crippen LogP contribution in [-0.4, -0.2) is 20.3 Å². The molecule has 1 heterocycles. The SMILES string of the molecule is CC(=N)c1ccc(NCc2cnc(C)c(O)c2CO)cc1.CCC(I)(I)I. The summed E-state index contributed by atoms with van der Waals surface area (Å²) in [6, 6.07) is 7.55. The van der Waals surface area contributed by atoms with Crippen LogP contribution in [0.2, 0.25) is 0 Å². The molecule has 148 valence electrons. The van der Waals surface area contributed by atoms with Crippen LogP contribution in [0.15, 0.2) is 30.5 Å². The molecule has 0 radical (unpaired) electrons. The van der Waals surface area contributed by atoms with E-state index in [2.05, 4.69) is 85.0 Å². The number of alkyl halides is 3. The van der Waals surface area contributed by atoms with Crippen LogP contribution in [0.5, 0.6) is 5.75 Å². The fraction of sp³-hybridized carbons (Fsp3) is 0.368. The second-order valence-corrected chi connectivity index (χ2v) is 17.6. The topological polar surface area (TPSA) is 89.2 Å². The van der Waals surface area contributed by atoms with Crippen molar-refractivity contribution in [2.45, 2.75) is 39.8 Å². The van der Waals surface area contributed by atoms with Crippen LogP contribution >= 0.6 is 67.8 Å². The highest BCUT2D eigenvalue weighted by molar-refractivity contribution is 14.3. The summed E-state index contributed by atoms with van der Waals surface area (Å²) in [5.74, 6) is 0.0478. The number of pyridine rings is 1. The summed E-state index contributed by atoms with van der Waals surface area (Å²) in [5, 5.41) is 30.0. The fourth-order valence-corrected chi connectivity index (χ4v) is 2.05. The number of aromatic hydroxyl groups is 1. The van der Waals surface area contributed by atoms with Crippen LogP contribution < -0.4 is 5.32 Å².